The molecule has 3 atom stereocenters. The second-order valence-electron chi connectivity index (χ2n) is 6.36. The number of benzene rings is 1. The van der Waals surface area contributed by atoms with E-state index >= 15 is 0 Å². The van der Waals surface area contributed by atoms with Crippen molar-refractivity contribution in [3.8, 4) is 0 Å². The Hall–Kier alpha value is -2.63. The van der Waals surface area contributed by atoms with E-state index in [2.05, 4.69) is 5.32 Å². The maximum Gasteiger partial charge on any atom is 0.326 e. The fourth-order valence-corrected chi connectivity index (χ4v) is 3.00. The molecule has 0 saturated heterocycles. The van der Waals surface area contributed by atoms with Crippen LogP contribution in [-0.4, -0.2) is 33.8 Å². The predicted molar refractivity (Wildman–Crippen MR) is 94.4 cm³/mol. The Morgan fingerprint density at radius 1 is 1.28 bits per heavy atom. The van der Waals surface area contributed by atoms with Gasteiger partial charge in [-0.3, -0.25) is 9.59 Å². The van der Waals surface area contributed by atoms with E-state index in [1.54, 1.807) is 13.1 Å². The third-order valence-corrected chi connectivity index (χ3v) is 4.64. The summed E-state index contributed by atoms with van der Waals surface area (Å²) in [6.45, 7) is 5.12. The third-order valence-electron chi connectivity index (χ3n) is 4.64. The van der Waals surface area contributed by atoms with Crippen LogP contribution in [0.4, 0.5) is 0 Å². The van der Waals surface area contributed by atoms with Crippen molar-refractivity contribution in [2.24, 2.45) is 5.92 Å². The van der Waals surface area contributed by atoms with Gasteiger partial charge in [-0.25, -0.2) is 4.79 Å². The van der Waals surface area contributed by atoms with Gasteiger partial charge in [0.25, 0.3) is 0 Å². The van der Waals surface area contributed by atoms with Gasteiger partial charge in [-0.15, -0.1) is 0 Å². The number of carboxylic acid groups (broad SMARTS) is 1. The highest BCUT2D eigenvalue weighted by Gasteiger charge is 2.31. The molecule has 6 heteroatoms. The average Bonchev–Trinajstić information content (AvgIpc) is 2.58. The minimum absolute atomic E-state index is 0.0150. The summed E-state index contributed by atoms with van der Waals surface area (Å²) in [6.07, 6.45) is 4.17. The van der Waals surface area contributed by atoms with Gasteiger partial charge in [-0.2, -0.15) is 0 Å². The molecule has 0 spiro atoms. The molecule has 25 heavy (non-hydrogen) atoms. The van der Waals surface area contributed by atoms with Crippen LogP contribution in [0.3, 0.4) is 0 Å². The fraction of sp³-hybridized carbons (Fsp3) is 0.421. The van der Waals surface area contributed by atoms with E-state index in [-0.39, 0.29) is 24.2 Å². The highest BCUT2D eigenvalue weighted by Crippen LogP contribution is 2.32. The van der Waals surface area contributed by atoms with Crippen LogP contribution in [-0.2, 0) is 14.4 Å². The van der Waals surface area contributed by atoms with Gasteiger partial charge in [0, 0.05) is 13.1 Å². The van der Waals surface area contributed by atoms with Crippen LogP contribution in [0, 0.1) is 5.92 Å². The number of carboxylic acids is 1. The van der Waals surface area contributed by atoms with Crippen molar-refractivity contribution in [1.82, 2.24) is 10.2 Å². The number of carbonyl (C=O) groups excluding carboxylic acids is 2. The Morgan fingerprint density at radius 2 is 1.96 bits per heavy atom. The van der Waals surface area contributed by atoms with Crippen LogP contribution < -0.4 is 5.32 Å². The molecule has 1 unspecified atom stereocenters. The van der Waals surface area contributed by atoms with E-state index in [0.29, 0.717) is 6.42 Å². The zero-order valence-electron chi connectivity index (χ0n) is 14.7. The van der Waals surface area contributed by atoms with Gasteiger partial charge in [0.15, 0.2) is 0 Å². The molecule has 2 rings (SSSR count). The Labute approximate surface area is 147 Å². The zero-order chi connectivity index (χ0) is 18.6. The largest absolute Gasteiger partial charge is 0.480 e. The Bertz CT molecular complexity index is 698. The number of aliphatic carboxylic acids is 1. The number of carbonyl (C=O) groups is 3. The normalized spacial score (nSPS) is 18.2. The number of amides is 2. The van der Waals surface area contributed by atoms with Gasteiger partial charge < -0.3 is 15.3 Å². The van der Waals surface area contributed by atoms with Crippen molar-refractivity contribution < 1.29 is 19.5 Å². The molecular formula is C19H24N2O4. The van der Waals surface area contributed by atoms with Crippen LogP contribution >= 0.6 is 0 Å². The Balaban J connectivity index is 2.20. The summed E-state index contributed by atoms with van der Waals surface area (Å²) in [5.74, 6) is -1.77. The van der Waals surface area contributed by atoms with E-state index in [1.807, 2.05) is 37.3 Å². The second-order valence-corrected chi connectivity index (χ2v) is 6.36. The minimum atomic E-state index is -1.05. The first kappa shape index (κ1) is 18.7. The molecule has 0 fully saturated rings. The first-order valence-corrected chi connectivity index (χ1v) is 8.43. The lowest BCUT2D eigenvalue weighted by Gasteiger charge is -2.32. The van der Waals surface area contributed by atoms with Gasteiger partial charge in [0.1, 0.15) is 6.04 Å². The summed E-state index contributed by atoms with van der Waals surface area (Å²) in [5, 5.41) is 11.9. The van der Waals surface area contributed by atoms with Crippen molar-refractivity contribution in [3.63, 3.8) is 0 Å². The van der Waals surface area contributed by atoms with Crippen LogP contribution in [0.15, 0.2) is 30.5 Å². The number of hydrogen-bond donors (Lipinski definition) is 2. The fourth-order valence-electron chi connectivity index (χ4n) is 3.00. The van der Waals surface area contributed by atoms with Crippen molar-refractivity contribution in [2.45, 2.75) is 45.7 Å². The summed E-state index contributed by atoms with van der Waals surface area (Å²) in [7, 11) is 0. The molecule has 2 amide bonds. The molecule has 0 radical (unpaired) electrons. The van der Waals surface area contributed by atoms with E-state index < -0.39 is 18.1 Å². The first-order chi connectivity index (χ1) is 11.8. The molecule has 6 nitrogen and oxygen atoms in total. The lowest BCUT2D eigenvalue weighted by atomic mass is 9.93. The van der Waals surface area contributed by atoms with E-state index in [4.69, 9.17) is 0 Å². The van der Waals surface area contributed by atoms with E-state index in [1.165, 1.54) is 11.8 Å². The van der Waals surface area contributed by atoms with Crippen molar-refractivity contribution in [1.29, 1.82) is 0 Å². The van der Waals surface area contributed by atoms with Crippen LogP contribution in [0.1, 0.15) is 50.8 Å². The highest BCUT2D eigenvalue weighted by molar-refractivity contribution is 5.85. The number of nitrogens with zero attached hydrogens (tertiary/aromatic N) is 1. The smallest absolute Gasteiger partial charge is 0.326 e. The summed E-state index contributed by atoms with van der Waals surface area (Å²) >= 11 is 0. The van der Waals surface area contributed by atoms with Gasteiger partial charge >= 0.3 is 5.97 Å². The Kier molecular flexibility index (Phi) is 5.96. The average molecular weight is 344 g/mol. The first-order valence-electron chi connectivity index (χ1n) is 8.43. The summed E-state index contributed by atoms with van der Waals surface area (Å²) in [5.41, 5.74) is 1.83. The second kappa shape index (κ2) is 7.96. The minimum Gasteiger partial charge on any atom is -0.480 e. The summed E-state index contributed by atoms with van der Waals surface area (Å²) in [6, 6.07) is 6.19. The number of hydrogen-bond acceptors (Lipinski definition) is 3. The molecule has 0 bridgehead atoms. The van der Waals surface area contributed by atoms with Crippen LogP contribution in [0.5, 0.6) is 0 Å². The molecule has 1 aromatic rings. The lowest BCUT2D eigenvalue weighted by molar-refractivity contribution is -0.143. The quantitative estimate of drug-likeness (QED) is 0.830. The number of fused-ring (bicyclic) bond motifs is 1. The van der Waals surface area contributed by atoms with Crippen molar-refractivity contribution in [2.75, 3.05) is 0 Å². The molecule has 2 N–H and O–H groups in total. The summed E-state index contributed by atoms with van der Waals surface area (Å²) in [4.78, 5) is 37.3. The molecule has 0 saturated carbocycles. The molecule has 0 aromatic heterocycles. The molecule has 0 aliphatic carbocycles. The molecule has 1 aliphatic rings. The number of nitrogens with one attached hydrogen (secondary N) is 1. The van der Waals surface area contributed by atoms with Gasteiger partial charge in [-0.05, 0) is 23.1 Å². The van der Waals surface area contributed by atoms with E-state index in [9.17, 15) is 19.5 Å². The Morgan fingerprint density at radius 3 is 2.56 bits per heavy atom. The summed E-state index contributed by atoms with van der Waals surface area (Å²) < 4.78 is 0. The maximum absolute atomic E-state index is 12.5. The van der Waals surface area contributed by atoms with Crippen LogP contribution in [0.2, 0.25) is 0 Å². The van der Waals surface area contributed by atoms with E-state index in [0.717, 1.165) is 11.1 Å². The topological polar surface area (TPSA) is 86.7 Å². The standard InChI is InChI=1S/C19H24N2O4/c1-4-12(2)18(19(24)25)20-17(23)11-16-15-8-6-5-7-14(15)9-10-21(16)13(3)22/h5-10,12,16,18H,4,11H2,1-3H3,(H,20,23)(H,24,25)/t12-,16?,18-/m0/s1. The molecule has 1 aliphatic heterocycles. The van der Waals surface area contributed by atoms with Gasteiger partial charge in [-0.1, -0.05) is 44.5 Å². The molecule has 1 aromatic carbocycles. The highest BCUT2D eigenvalue weighted by atomic mass is 16.4. The van der Waals surface area contributed by atoms with Gasteiger partial charge in [0.05, 0.1) is 12.5 Å². The maximum atomic E-state index is 12.5. The monoisotopic (exact) mass is 344 g/mol. The zero-order valence-corrected chi connectivity index (χ0v) is 14.7. The molecule has 1 heterocycles. The van der Waals surface area contributed by atoms with Crippen LogP contribution in [0.25, 0.3) is 6.08 Å². The van der Waals surface area contributed by atoms with Crippen molar-refractivity contribution in [3.05, 3.63) is 41.6 Å². The van der Waals surface area contributed by atoms with Crippen molar-refractivity contribution >= 4 is 23.9 Å². The SMILES string of the molecule is CC[C@H](C)[C@H](NC(=O)CC1c2ccccc2C=CN1C(C)=O)C(=O)O. The lowest BCUT2D eigenvalue weighted by Crippen LogP contribution is -2.46. The number of rotatable bonds is 6. The molecular weight excluding hydrogens is 320 g/mol. The van der Waals surface area contributed by atoms with Gasteiger partial charge in [0.2, 0.25) is 11.8 Å². The third kappa shape index (κ3) is 4.26. The molecule has 134 valence electrons. The predicted octanol–water partition coefficient (Wildman–Crippen LogP) is 2.57.